The van der Waals surface area contributed by atoms with E-state index >= 15 is 0 Å². The highest BCUT2D eigenvalue weighted by Crippen LogP contribution is 2.24. The highest BCUT2D eigenvalue weighted by molar-refractivity contribution is 5.77. The Hall–Kier alpha value is -1.10. The summed E-state index contributed by atoms with van der Waals surface area (Å²) in [6.45, 7) is 3.27. The number of carbonyl (C=O) groups excluding carboxylic acids is 2. The van der Waals surface area contributed by atoms with Crippen LogP contribution in [0.2, 0.25) is 0 Å². The van der Waals surface area contributed by atoms with Crippen molar-refractivity contribution in [1.29, 1.82) is 0 Å². The van der Waals surface area contributed by atoms with Crippen LogP contribution in [0, 0.1) is 5.41 Å². The lowest BCUT2D eigenvalue weighted by Crippen LogP contribution is -2.29. The molecule has 0 unspecified atom stereocenters. The number of esters is 2. The van der Waals surface area contributed by atoms with E-state index in [4.69, 9.17) is 5.73 Å². The van der Waals surface area contributed by atoms with Gasteiger partial charge < -0.3 is 9.47 Å². The van der Waals surface area contributed by atoms with Crippen molar-refractivity contribution in [2.24, 2.45) is 11.1 Å². The van der Waals surface area contributed by atoms with E-state index in [1.165, 1.54) is 7.11 Å². The lowest BCUT2D eigenvalue weighted by atomic mass is 9.88. The maximum atomic E-state index is 11.3. The van der Waals surface area contributed by atoms with Gasteiger partial charge in [0.1, 0.15) is 6.73 Å². The molecule has 0 aliphatic rings. The lowest BCUT2D eigenvalue weighted by Gasteiger charge is -2.21. The average molecular weight is 203 g/mol. The molecule has 0 amide bonds. The lowest BCUT2D eigenvalue weighted by molar-refractivity contribution is -0.154. The molecule has 0 aromatic rings. The molecular formula is C9H17NO4. The van der Waals surface area contributed by atoms with Crippen molar-refractivity contribution in [2.75, 3.05) is 13.8 Å². The predicted molar refractivity (Wildman–Crippen MR) is 50.2 cm³/mol. The van der Waals surface area contributed by atoms with E-state index in [0.29, 0.717) is 6.42 Å². The summed E-state index contributed by atoms with van der Waals surface area (Å²) in [5, 5.41) is 0. The first-order chi connectivity index (χ1) is 6.44. The van der Waals surface area contributed by atoms with Crippen molar-refractivity contribution in [2.45, 2.75) is 26.7 Å². The summed E-state index contributed by atoms with van der Waals surface area (Å²) in [6, 6.07) is 0. The van der Waals surface area contributed by atoms with Crippen molar-refractivity contribution in [3.8, 4) is 0 Å². The van der Waals surface area contributed by atoms with Gasteiger partial charge in [0.25, 0.3) is 0 Å². The van der Waals surface area contributed by atoms with Crippen LogP contribution in [0.3, 0.4) is 0 Å². The van der Waals surface area contributed by atoms with Crippen molar-refractivity contribution in [3.05, 3.63) is 0 Å². The molecule has 2 N–H and O–H groups in total. The standard InChI is InChI=1S/C9H17NO4/c1-9(2,8(12)14-6-10)5-4-7(11)13-3/h4-6,10H2,1-3H3. The molecule has 0 rings (SSSR count). The van der Waals surface area contributed by atoms with E-state index in [1.807, 2.05) is 0 Å². The number of methoxy groups -OCH3 is 1. The second-order valence-corrected chi connectivity index (χ2v) is 3.56. The van der Waals surface area contributed by atoms with E-state index in [9.17, 15) is 9.59 Å². The molecule has 0 saturated heterocycles. The summed E-state index contributed by atoms with van der Waals surface area (Å²) in [7, 11) is 1.31. The van der Waals surface area contributed by atoms with Gasteiger partial charge in [-0.1, -0.05) is 0 Å². The van der Waals surface area contributed by atoms with Gasteiger partial charge in [-0.05, 0) is 20.3 Å². The Morgan fingerprint density at radius 2 is 1.93 bits per heavy atom. The van der Waals surface area contributed by atoms with Crippen LogP contribution in [0.1, 0.15) is 26.7 Å². The zero-order valence-corrected chi connectivity index (χ0v) is 8.83. The molecule has 0 atom stereocenters. The largest absolute Gasteiger partial charge is 0.469 e. The van der Waals surface area contributed by atoms with Gasteiger partial charge in [0.05, 0.1) is 12.5 Å². The van der Waals surface area contributed by atoms with Crippen LogP contribution in [0.25, 0.3) is 0 Å². The number of carbonyl (C=O) groups is 2. The first-order valence-corrected chi connectivity index (χ1v) is 4.38. The van der Waals surface area contributed by atoms with E-state index in [1.54, 1.807) is 13.8 Å². The number of rotatable bonds is 5. The Morgan fingerprint density at radius 3 is 2.36 bits per heavy atom. The van der Waals surface area contributed by atoms with Crippen LogP contribution in [0.4, 0.5) is 0 Å². The highest BCUT2D eigenvalue weighted by Gasteiger charge is 2.29. The Labute approximate surface area is 83.5 Å². The van der Waals surface area contributed by atoms with Gasteiger partial charge in [-0.15, -0.1) is 0 Å². The Bertz CT molecular complexity index is 213. The van der Waals surface area contributed by atoms with Gasteiger partial charge in [-0.3, -0.25) is 15.3 Å². The zero-order valence-electron chi connectivity index (χ0n) is 8.83. The molecule has 0 radical (unpaired) electrons. The van der Waals surface area contributed by atoms with E-state index in [-0.39, 0.29) is 19.1 Å². The molecule has 0 aromatic carbocycles. The molecule has 0 heterocycles. The Balaban J connectivity index is 4.06. The van der Waals surface area contributed by atoms with Crippen molar-refractivity contribution < 1.29 is 19.1 Å². The van der Waals surface area contributed by atoms with Gasteiger partial charge in [-0.2, -0.15) is 0 Å². The first-order valence-electron chi connectivity index (χ1n) is 4.38. The van der Waals surface area contributed by atoms with E-state index < -0.39 is 11.4 Å². The third-order valence-electron chi connectivity index (χ3n) is 1.95. The number of ether oxygens (including phenoxy) is 2. The molecule has 0 spiro atoms. The minimum Gasteiger partial charge on any atom is -0.469 e. The topological polar surface area (TPSA) is 78.6 Å². The summed E-state index contributed by atoms with van der Waals surface area (Å²) in [5.74, 6) is -0.734. The molecule has 5 nitrogen and oxygen atoms in total. The number of nitrogens with two attached hydrogens (primary N) is 1. The molecule has 0 aliphatic heterocycles. The monoisotopic (exact) mass is 203 g/mol. The van der Waals surface area contributed by atoms with Gasteiger partial charge in [0.2, 0.25) is 0 Å². The molecule has 5 heteroatoms. The maximum Gasteiger partial charge on any atom is 0.312 e. The predicted octanol–water partition coefficient (Wildman–Crippen LogP) is 0.425. The minimum absolute atomic E-state index is 0.138. The van der Waals surface area contributed by atoms with Crippen LogP contribution in [0.15, 0.2) is 0 Å². The van der Waals surface area contributed by atoms with Gasteiger partial charge in [-0.25, -0.2) is 0 Å². The van der Waals surface area contributed by atoms with E-state index in [0.717, 1.165) is 0 Å². The number of hydrogen-bond donors (Lipinski definition) is 1. The third kappa shape index (κ3) is 4.23. The van der Waals surface area contributed by atoms with E-state index in [2.05, 4.69) is 9.47 Å². The van der Waals surface area contributed by atoms with Crippen LogP contribution >= 0.6 is 0 Å². The van der Waals surface area contributed by atoms with Crippen LogP contribution in [-0.2, 0) is 19.1 Å². The van der Waals surface area contributed by atoms with Crippen LogP contribution < -0.4 is 5.73 Å². The van der Waals surface area contributed by atoms with Crippen LogP contribution in [0.5, 0.6) is 0 Å². The van der Waals surface area contributed by atoms with Crippen LogP contribution in [-0.4, -0.2) is 25.8 Å². The Morgan fingerprint density at radius 1 is 1.36 bits per heavy atom. The zero-order chi connectivity index (χ0) is 11.2. The highest BCUT2D eigenvalue weighted by atomic mass is 16.5. The molecule has 0 fully saturated rings. The second kappa shape index (κ2) is 5.59. The minimum atomic E-state index is -0.701. The summed E-state index contributed by atoms with van der Waals surface area (Å²) in [5.41, 5.74) is 4.37. The maximum absolute atomic E-state index is 11.3. The summed E-state index contributed by atoms with van der Waals surface area (Å²) in [6.07, 6.45) is 0.585. The van der Waals surface area contributed by atoms with Crippen molar-refractivity contribution in [1.82, 2.24) is 0 Å². The smallest absolute Gasteiger partial charge is 0.312 e. The second-order valence-electron chi connectivity index (χ2n) is 3.56. The fourth-order valence-electron chi connectivity index (χ4n) is 0.890. The fraction of sp³-hybridized carbons (Fsp3) is 0.778. The van der Waals surface area contributed by atoms with Gasteiger partial charge in [0.15, 0.2) is 0 Å². The third-order valence-corrected chi connectivity index (χ3v) is 1.95. The molecule has 0 aliphatic carbocycles. The van der Waals surface area contributed by atoms with Gasteiger partial charge in [0, 0.05) is 6.42 Å². The normalized spacial score (nSPS) is 10.9. The molecule has 14 heavy (non-hydrogen) atoms. The molecule has 82 valence electrons. The summed E-state index contributed by atoms with van der Waals surface area (Å²) in [4.78, 5) is 22.2. The summed E-state index contributed by atoms with van der Waals surface area (Å²) >= 11 is 0. The quantitative estimate of drug-likeness (QED) is 0.517. The molecule has 0 bridgehead atoms. The van der Waals surface area contributed by atoms with Gasteiger partial charge >= 0.3 is 11.9 Å². The fourth-order valence-corrected chi connectivity index (χ4v) is 0.890. The summed E-state index contributed by atoms with van der Waals surface area (Å²) < 4.78 is 9.13. The SMILES string of the molecule is COC(=O)CCC(C)(C)C(=O)OCN. The molecule has 0 aromatic heterocycles. The average Bonchev–Trinajstić information content (AvgIpc) is 2.14. The van der Waals surface area contributed by atoms with Crippen molar-refractivity contribution >= 4 is 11.9 Å². The molecule has 0 saturated carbocycles. The Kier molecular flexibility index (Phi) is 5.15. The first kappa shape index (κ1) is 12.9. The van der Waals surface area contributed by atoms with Crippen molar-refractivity contribution in [3.63, 3.8) is 0 Å². The molecular weight excluding hydrogens is 186 g/mol. The number of hydrogen-bond acceptors (Lipinski definition) is 5.